The Morgan fingerprint density at radius 2 is 1.88 bits per heavy atom. The predicted octanol–water partition coefficient (Wildman–Crippen LogP) is 4.22. The molecule has 2 amide bonds. The largest absolute Gasteiger partial charge is 0.508 e. The second-order valence-corrected chi connectivity index (χ2v) is 10.5. The molecule has 1 atom stereocenters. The number of ether oxygens (including phenoxy) is 2. The zero-order valence-electron chi connectivity index (χ0n) is 21.9. The van der Waals surface area contributed by atoms with E-state index in [4.69, 9.17) is 21.7 Å². The van der Waals surface area contributed by atoms with Crippen molar-refractivity contribution in [3.63, 3.8) is 0 Å². The summed E-state index contributed by atoms with van der Waals surface area (Å²) < 4.78 is 11.0. The van der Waals surface area contributed by atoms with Gasteiger partial charge in [-0.2, -0.15) is 0 Å². The number of carbonyl (C=O) groups excluding carboxylic acids is 2. The first-order valence-corrected chi connectivity index (χ1v) is 13.4. The first kappa shape index (κ1) is 30.0. The summed E-state index contributed by atoms with van der Waals surface area (Å²) in [5, 5.41) is 32.9. The van der Waals surface area contributed by atoms with Gasteiger partial charge in [-0.1, -0.05) is 48.2 Å². The number of methoxy groups -OCH3 is 1. The molecule has 1 aliphatic heterocycles. The number of benzene rings is 3. The van der Waals surface area contributed by atoms with Crippen LogP contribution in [0.2, 0.25) is 0 Å². The van der Waals surface area contributed by atoms with E-state index in [0.29, 0.717) is 16.9 Å². The fourth-order valence-corrected chi connectivity index (χ4v) is 5.36. The van der Waals surface area contributed by atoms with Crippen LogP contribution in [0.3, 0.4) is 0 Å². The van der Waals surface area contributed by atoms with Gasteiger partial charge in [0.15, 0.2) is 6.61 Å². The smallest absolute Gasteiger partial charge is 0.327 e. The third-order valence-electron chi connectivity index (χ3n) is 6.02. The summed E-state index contributed by atoms with van der Waals surface area (Å²) in [5.74, 6) is -1.83. The van der Waals surface area contributed by atoms with Crippen LogP contribution < -0.4 is 14.8 Å². The molecule has 0 spiro atoms. The van der Waals surface area contributed by atoms with Crippen LogP contribution in [-0.4, -0.2) is 61.9 Å². The minimum absolute atomic E-state index is 0.0180. The molecule has 14 heteroatoms. The number of phenolic OH excluding ortho intramolecular Hbond substituents is 1. The van der Waals surface area contributed by atoms with E-state index in [0.717, 1.165) is 16.7 Å². The molecule has 1 saturated heterocycles. The number of carboxylic acid groups (broad SMARTS) is 1. The molecular formula is C28H23N3O9S2. The van der Waals surface area contributed by atoms with Gasteiger partial charge in [-0.3, -0.25) is 24.6 Å². The highest BCUT2D eigenvalue weighted by Crippen LogP contribution is 2.37. The van der Waals surface area contributed by atoms with E-state index < -0.39 is 35.4 Å². The molecule has 3 aromatic carbocycles. The van der Waals surface area contributed by atoms with Gasteiger partial charge in [0.25, 0.3) is 17.5 Å². The average molecular weight is 610 g/mol. The van der Waals surface area contributed by atoms with Crippen molar-refractivity contribution < 1.29 is 39.0 Å². The molecule has 0 aromatic heterocycles. The van der Waals surface area contributed by atoms with Gasteiger partial charge in [-0.05, 0) is 42.0 Å². The van der Waals surface area contributed by atoms with Gasteiger partial charge in [-0.25, -0.2) is 4.79 Å². The number of aromatic hydroxyl groups is 1. The summed E-state index contributed by atoms with van der Waals surface area (Å²) in [6, 6.07) is 15.1. The number of hydrogen-bond acceptors (Lipinski definition) is 10. The Balaban J connectivity index is 1.46. The molecule has 0 aliphatic carbocycles. The monoisotopic (exact) mass is 609 g/mol. The summed E-state index contributed by atoms with van der Waals surface area (Å²) in [6.07, 6.45) is 1.50. The van der Waals surface area contributed by atoms with Gasteiger partial charge in [0, 0.05) is 24.1 Å². The molecule has 1 unspecified atom stereocenters. The second-order valence-electron chi connectivity index (χ2n) is 8.79. The Bertz CT molecular complexity index is 1590. The van der Waals surface area contributed by atoms with Crippen LogP contribution in [0.25, 0.3) is 6.08 Å². The maximum absolute atomic E-state index is 13.3. The molecule has 42 heavy (non-hydrogen) atoms. The number of carboxylic acids is 1. The first-order valence-electron chi connectivity index (χ1n) is 12.2. The third kappa shape index (κ3) is 7.03. The summed E-state index contributed by atoms with van der Waals surface area (Å²) in [6.45, 7) is -0.440. The summed E-state index contributed by atoms with van der Waals surface area (Å²) in [5.41, 5.74) is 0.859. The number of hydrogen-bond donors (Lipinski definition) is 3. The molecule has 0 radical (unpaired) electrons. The van der Waals surface area contributed by atoms with Crippen LogP contribution >= 0.6 is 24.0 Å². The van der Waals surface area contributed by atoms with E-state index >= 15 is 0 Å². The highest BCUT2D eigenvalue weighted by atomic mass is 32.2. The van der Waals surface area contributed by atoms with Crippen LogP contribution in [0.15, 0.2) is 71.6 Å². The number of carbonyl (C=O) groups is 3. The van der Waals surface area contributed by atoms with Crippen molar-refractivity contribution in [2.45, 2.75) is 12.5 Å². The number of nitrogens with one attached hydrogen (secondary N) is 1. The zero-order valence-corrected chi connectivity index (χ0v) is 23.5. The number of thiocarbonyl (C=S) groups is 1. The molecule has 0 saturated carbocycles. The molecule has 3 aromatic rings. The van der Waals surface area contributed by atoms with Crippen molar-refractivity contribution >= 4 is 63.5 Å². The summed E-state index contributed by atoms with van der Waals surface area (Å²) >= 11 is 6.31. The van der Waals surface area contributed by atoms with E-state index in [9.17, 15) is 34.7 Å². The van der Waals surface area contributed by atoms with Crippen molar-refractivity contribution in [3.8, 4) is 17.2 Å². The molecule has 0 bridgehead atoms. The first-order chi connectivity index (χ1) is 20.1. The Morgan fingerprint density at radius 1 is 1.17 bits per heavy atom. The molecule has 1 fully saturated rings. The third-order valence-corrected chi connectivity index (χ3v) is 7.35. The maximum atomic E-state index is 13.3. The number of thioether (sulfide) groups is 1. The van der Waals surface area contributed by atoms with Crippen molar-refractivity contribution in [2.75, 3.05) is 19.0 Å². The minimum atomic E-state index is -1.26. The Kier molecular flexibility index (Phi) is 9.39. The fraction of sp³-hybridized carbons (Fsp3) is 0.143. The minimum Gasteiger partial charge on any atom is -0.508 e. The number of anilines is 1. The van der Waals surface area contributed by atoms with Crippen LogP contribution in [0.1, 0.15) is 11.1 Å². The highest BCUT2D eigenvalue weighted by molar-refractivity contribution is 8.26. The lowest BCUT2D eigenvalue weighted by atomic mass is 10.0. The number of aliphatic carboxylic acids is 1. The maximum Gasteiger partial charge on any atom is 0.327 e. The fourth-order valence-electron chi connectivity index (χ4n) is 4.01. The number of rotatable bonds is 11. The lowest BCUT2D eigenvalue weighted by Crippen LogP contribution is -2.45. The zero-order chi connectivity index (χ0) is 30.4. The van der Waals surface area contributed by atoms with E-state index in [-0.39, 0.29) is 38.5 Å². The molecule has 1 heterocycles. The van der Waals surface area contributed by atoms with E-state index in [1.807, 2.05) is 0 Å². The Morgan fingerprint density at radius 3 is 2.55 bits per heavy atom. The molecule has 4 rings (SSSR count). The van der Waals surface area contributed by atoms with Crippen LogP contribution in [0.4, 0.5) is 11.4 Å². The molecule has 216 valence electrons. The Hall–Kier alpha value is -4.95. The molecule has 1 aliphatic rings. The second kappa shape index (κ2) is 13.1. The molecule has 3 N–H and O–H groups in total. The SMILES string of the molecule is COc1cc(OCC(=O)Nc2ccccc2[N+](=O)[O-])ccc1/C=C1\SC(=S)N(C(Cc2ccc(O)cc2)C(=O)O)C1=O. The molecule has 12 nitrogen and oxygen atoms in total. The molecular weight excluding hydrogens is 586 g/mol. The van der Waals surface area contributed by atoms with Gasteiger partial charge < -0.3 is 25.0 Å². The Labute approximate surface area is 248 Å². The van der Waals surface area contributed by atoms with E-state index in [1.165, 1.54) is 55.7 Å². The number of amides is 2. The number of phenols is 1. The highest BCUT2D eigenvalue weighted by Gasteiger charge is 2.40. The van der Waals surface area contributed by atoms with Crippen molar-refractivity contribution in [1.82, 2.24) is 4.90 Å². The topological polar surface area (TPSA) is 169 Å². The summed E-state index contributed by atoms with van der Waals surface area (Å²) in [4.78, 5) is 49.5. The number of nitrogens with zero attached hydrogens (tertiary/aromatic N) is 2. The van der Waals surface area contributed by atoms with Gasteiger partial charge in [0.2, 0.25) is 0 Å². The quantitative estimate of drug-likeness (QED) is 0.123. The average Bonchev–Trinajstić information content (AvgIpc) is 3.23. The van der Waals surface area contributed by atoms with Crippen molar-refractivity contribution in [1.29, 1.82) is 0 Å². The predicted molar refractivity (Wildman–Crippen MR) is 158 cm³/mol. The lowest BCUT2D eigenvalue weighted by molar-refractivity contribution is -0.383. The van der Waals surface area contributed by atoms with Crippen molar-refractivity contribution in [2.24, 2.45) is 0 Å². The van der Waals surface area contributed by atoms with Gasteiger partial charge in [-0.15, -0.1) is 0 Å². The lowest BCUT2D eigenvalue weighted by Gasteiger charge is -2.23. The van der Waals surface area contributed by atoms with Crippen LogP contribution in [0, 0.1) is 10.1 Å². The number of nitro benzene ring substituents is 1. The standard InChI is InChI=1S/C28H23N3O9S2/c1-39-23-14-19(40-15-25(33)29-20-4-2-3-5-21(20)31(37)38)11-8-17(23)13-24-26(34)30(28(41)42-24)22(27(35)36)12-16-6-9-18(32)10-7-16/h2-11,13-14,22,32H,12,15H2,1H3,(H,29,33)(H,35,36)/b24-13-. The van der Waals surface area contributed by atoms with Crippen LogP contribution in [0.5, 0.6) is 17.2 Å². The van der Waals surface area contributed by atoms with Gasteiger partial charge in [0.1, 0.15) is 33.3 Å². The van der Waals surface area contributed by atoms with Crippen LogP contribution in [-0.2, 0) is 20.8 Å². The summed E-state index contributed by atoms with van der Waals surface area (Å²) in [7, 11) is 1.40. The van der Waals surface area contributed by atoms with E-state index in [2.05, 4.69) is 5.32 Å². The van der Waals surface area contributed by atoms with E-state index in [1.54, 1.807) is 24.3 Å². The number of para-hydroxylation sites is 2. The van der Waals surface area contributed by atoms with Gasteiger partial charge >= 0.3 is 5.97 Å². The van der Waals surface area contributed by atoms with Gasteiger partial charge in [0.05, 0.1) is 16.9 Å². The normalized spacial score (nSPS) is 14.5. The number of nitro groups is 1. The van der Waals surface area contributed by atoms with Crippen molar-refractivity contribution in [3.05, 3.63) is 92.9 Å².